The van der Waals surface area contributed by atoms with Crippen LogP contribution in [0.25, 0.3) is 0 Å². The Morgan fingerprint density at radius 3 is 2.08 bits per heavy atom. The zero-order valence-electron chi connectivity index (χ0n) is 13.5. The molecule has 0 spiro atoms. The molecule has 2 rings (SSSR count). The van der Waals surface area contributed by atoms with Crippen LogP contribution in [0.3, 0.4) is 0 Å². The second kappa shape index (κ2) is 6.83. The molecule has 2 aromatic rings. The molecule has 0 unspecified atom stereocenters. The highest BCUT2D eigenvalue weighted by Crippen LogP contribution is 2.22. The number of hydrogen-bond donors (Lipinski definition) is 1. The van der Waals surface area contributed by atoms with Crippen LogP contribution in [-0.2, 0) is 14.6 Å². The van der Waals surface area contributed by atoms with Gasteiger partial charge in [-0.15, -0.1) is 0 Å². The first-order valence-electron chi connectivity index (χ1n) is 7.14. The molecule has 0 heterocycles. The maximum atomic E-state index is 12.4. The van der Waals surface area contributed by atoms with Crippen LogP contribution in [0.5, 0.6) is 5.75 Å². The van der Waals surface area contributed by atoms with Crippen LogP contribution in [0, 0.1) is 0 Å². The maximum Gasteiger partial charge on any atom is 0.267 e. The van der Waals surface area contributed by atoms with E-state index in [-0.39, 0.29) is 10.8 Å². The molecule has 0 radical (unpaired) electrons. The molecule has 0 aliphatic heterocycles. The molecule has 0 bridgehead atoms. The first-order chi connectivity index (χ1) is 11.1. The SMILES string of the molecule is CC(C)(Oc1ccc(Cl)cc1)C(=O)Nc1ccc(S(C)(=O)=O)cc1. The lowest BCUT2D eigenvalue weighted by Gasteiger charge is -2.25. The topological polar surface area (TPSA) is 72.5 Å². The number of halogens is 1. The van der Waals surface area contributed by atoms with Crippen molar-refractivity contribution in [3.05, 3.63) is 53.6 Å². The second-order valence-corrected chi connectivity index (χ2v) is 8.27. The number of amides is 1. The van der Waals surface area contributed by atoms with Gasteiger partial charge in [0.1, 0.15) is 5.75 Å². The normalized spacial score (nSPS) is 11.8. The molecule has 5 nitrogen and oxygen atoms in total. The number of sulfone groups is 1. The van der Waals surface area contributed by atoms with Crippen LogP contribution in [0.15, 0.2) is 53.4 Å². The van der Waals surface area contributed by atoms with Crippen LogP contribution < -0.4 is 10.1 Å². The molecule has 0 aliphatic rings. The summed E-state index contributed by atoms with van der Waals surface area (Å²) in [6.45, 7) is 3.28. The lowest BCUT2D eigenvalue weighted by Crippen LogP contribution is -2.42. The summed E-state index contributed by atoms with van der Waals surface area (Å²) in [5, 5.41) is 3.29. The Morgan fingerprint density at radius 1 is 1.04 bits per heavy atom. The minimum atomic E-state index is -3.27. The lowest BCUT2D eigenvalue weighted by molar-refractivity contribution is -0.128. The van der Waals surface area contributed by atoms with Crippen LogP contribution in [0.2, 0.25) is 5.02 Å². The summed E-state index contributed by atoms with van der Waals surface area (Å²) < 4.78 is 28.6. The molecule has 0 saturated carbocycles. The number of hydrogen-bond acceptors (Lipinski definition) is 4. The summed E-state index contributed by atoms with van der Waals surface area (Å²) in [5.41, 5.74) is -0.635. The number of benzene rings is 2. The average Bonchev–Trinajstić information content (AvgIpc) is 2.49. The first-order valence-corrected chi connectivity index (χ1v) is 9.41. The predicted molar refractivity (Wildman–Crippen MR) is 94.3 cm³/mol. The van der Waals surface area contributed by atoms with Crippen molar-refractivity contribution >= 4 is 33.0 Å². The van der Waals surface area contributed by atoms with E-state index in [1.807, 2.05) is 0 Å². The minimum Gasteiger partial charge on any atom is -0.478 e. The molecule has 128 valence electrons. The Kier molecular flexibility index (Phi) is 5.20. The monoisotopic (exact) mass is 367 g/mol. The Hall–Kier alpha value is -2.05. The highest BCUT2D eigenvalue weighted by Gasteiger charge is 2.30. The largest absolute Gasteiger partial charge is 0.478 e. The van der Waals surface area contributed by atoms with Crippen molar-refractivity contribution in [3.63, 3.8) is 0 Å². The summed E-state index contributed by atoms with van der Waals surface area (Å²) in [7, 11) is -3.27. The van der Waals surface area contributed by atoms with E-state index in [1.165, 1.54) is 24.3 Å². The smallest absolute Gasteiger partial charge is 0.267 e. The molecule has 0 atom stereocenters. The molecule has 24 heavy (non-hydrogen) atoms. The fourth-order valence-electron chi connectivity index (χ4n) is 1.91. The van der Waals surface area contributed by atoms with Crippen LogP contribution >= 0.6 is 11.6 Å². The number of nitrogens with one attached hydrogen (secondary N) is 1. The van der Waals surface area contributed by atoms with Gasteiger partial charge in [-0.1, -0.05) is 11.6 Å². The van der Waals surface area contributed by atoms with Gasteiger partial charge in [0, 0.05) is 17.0 Å². The summed E-state index contributed by atoms with van der Waals surface area (Å²) in [5.74, 6) is 0.163. The van der Waals surface area contributed by atoms with Crippen molar-refractivity contribution in [1.82, 2.24) is 0 Å². The number of rotatable bonds is 5. The Bertz CT molecular complexity index is 828. The molecule has 1 N–H and O–H groups in total. The van der Waals surface area contributed by atoms with E-state index in [1.54, 1.807) is 38.1 Å². The third kappa shape index (κ3) is 4.72. The van der Waals surface area contributed by atoms with Crippen molar-refractivity contribution in [1.29, 1.82) is 0 Å². The Morgan fingerprint density at radius 2 is 1.58 bits per heavy atom. The van der Waals surface area contributed by atoms with Crippen molar-refractivity contribution < 1.29 is 17.9 Å². The molecular weight excluding hydrogens is 350 g/mol. The molecule has 1 amide bonds. The van der Waals surface area contributed by atoms with Gasteiger partial charge in [-0.2, -0.15) is 0 Å². The zero-order chi connectivity index (χ0) is 18.0. The molecule has 0 saturated heterocycles. The summed E-state index contributed by atoms with van der Waals surface area (Å²) in [6.07, 6.45) is 1.13. The lowest BCUT2D eigenvalue weighted by atomic mass is 10.1. The average molecular weight is 368 g/mol. The van der Waals surface area contributed by atoms with Crippen LogP contribution in [-0.4, -0.2) is 26.2 Å². The van der Waals surface area contributed by atoms with Gasteiger partial charge >= 0.3 is 0 Å². The standard InChI is InChI=1S/C17H18ClNO4S/c1-17(2,23-14-8-4-12(18)5-9-14)16(20)19-13-6-10-15(11-7-13)24(3,21)22/h4-11H,1-3H3,(H,19,20). The number of carbonyl (C=O) groups is 1. The fourth-order valence-corrected chi connectivity index (χ4v) is 2.67. The number of anilines is 1. The molecule has 0 aromatic heterocycles. The van der Waals surface area contributed by atoms with Gasteiger partial charge in [-0.25, -0.2) is 8.42 Å². The highest BCUT2D eigenvalue weighted by molar-refractivity contribution is 7.90. The van der Waals surface area contributed by atoms with Crippen LogP contribution in [0.4, 0.5) is 5.69 Å². The van der Waals surface area contributed by atoms with E-state index < -0.39 is 15.4 Å². The van der Waals surface area contributed by atoms with E-state index in [0.717, 1.165) is 6.26 Å². The molecular formula is C17H18ClNO4S. The number of carbonyl (C=O) groups excluding carboxylic acids is 1. The summed E-state index contributed by atoms with van der Waals surface area (Å²) >= 11 is 5.82. The summed E-state index contributed by atoms with van der Waals surface area (Å²) in [4.78, 5) is 12.6. The van der Waals surface area contributed by atoms with E-state index in [9.17, 15) is 13.2 Å². The number of ether oxygens (including phenoxy) is 1. The third-order valence-electron chi connectivity index (χ3n) is 3.27. The van der Waals surface area contributed by atoms with Crippen molar-refractivity contribution in [3.8, 4) is 5.75 Å². The molecule has 0 aliphatic carbocycles. The van der Waals surface area contributed by atoms with Gasteiger partial charge in [-0.3, -0.25) is 4.79 Å². The summed E-state index contributed by atoms with van der Waals surface area (Å²) in [6, 6.07) is 12.7. The maximum absolute atomic E-state index is 12.4. The van der Waals surface area contributed by atoms with E-state index in [2.05, 4.69) is 5.32 Å². The molecule has 0 fully saturated rings. The third-order valence-corrected chi connectivity index (χ3v) is 4.65. The van der Waals surface area contributed by atoms with Gasteiger partial charge in [-0.05, 0) is 62.4 Å². The van der Waals surface area contributed by atoms with Gasteiger partial charge in [0.25, 0.3) is 5.91 Å². The van der Waals surface area contributed by atoms with E-state index >= 15 is 0 Å². The quantitative estimate of drug-likeness (QED) is 0.877. The van der Waals surface area contributed by atoms with Crippen LogP contribution in [0.1, 0.15) is 13.8 Å². The molecule has 7 heteroatoms. The minimum absolute atomic E-state index is 0.192. The second-order valence-electron chi connectivity index (χ2n) is 5.82. The molecule has 2 aromatic carbocycles. The van der Waals surface area contributed by atoms with E-state index in [0.29, 0.717) is 16.5 Å². The first kappa shape index (κ1) is 18.3. The highest BCUT2D eigenvalue weighted by atomic mass is 35.5. The van der Waals surface area contributed by atoms with Gasteiger partial charge in [0.2, 0.25) is 0 Å². The van der Waals surface area contributed by atoms with E-state index in [4.69, 9.17) is 16.3 Å². The van der Waals surface area contributed by atoms with Crippen molar-refractivity contribution in [2.45, 2.75) is 24.3 Å². The van der Waals surface area contributed by atoms with Crippen molar-refractivity contribution in [2.24, 2.45) is 0 Å². The zero-order valence-corrected chi connectivity index (χ0v) is 15.1. The predicted octanol–water partition coefficient (Wildman–Crippen LogP) is 3.54. The van der Waals surface area contributed by atoms with Gasteiger partial charge in [0.05, 0.1) is 4.90 Å². The Labute approximate surface area is 146 Å². The van der Waals surface area contributed by atoms with Gasteiger partial charge in [0.15, 0.2) is 15.4 Å². The Balaban J connectivity index is 2.08. The van der Waals surface area contributed by atoms with Gasteiger partial charge < -0.3 is 10.1 Å². The fraction of sp³-hybridized carbons (Fsp3) is 0.235. The van der Waals surface area contributed by atoms with Crippen molar-refractivity contribution in [2.75, 3.05) is 11.6 Å².